The molecule has 2 N–H and O–H groups in total. The van der Waals surface area contributed by atoms with Gasteiger partial charge in [-0.2, -0.15) is 5.10 Å². The summed E-state index contributed by atoms with van der Waals surface area (Å²) in [4.78, 5) is 14.7. The van der Waals surface area contributed by atoms with Crippen LogP contribution in [0.5, 0.6) is 0 Å². The quantitative estimate of drug-likeness (QED) is 0.650. The molecule has 2 aromatic carbocycles. The Bertz CT molecular complexity index is 951. The van der Waals surface area contributed by atoms with Gasteiger partial charge in [0.25, 0.3) is 0 Å². The van der Waals surface area contributed by atoms with Crippen LogP contribution in [0.2, 0.25) is 0 Å². The van der Waals surface area contributed by atoms with E-state index in [9.17, 15) is 4.79 Å². The topological polar surface area (TPSA) is 62.2 Å². The molecule has 0 atom stereocenters. The van der Waals surface area contributed by atoms with E-state index in [4.69, 9.17) is 0 Å². The first-order valence-corrected chi connectivity index (χ1v) is 9.54. The van der Waals surface area contributed by atoms with Gasteiger partial charge >= 0.3 is 6.03 Å². The van der Waals surface area contributed by atoms with E-state index < -0.39 is 0 Å². The summed E-state index contributed by atoms with van der Waals surface area (Å²) in [6, 6.07) is 17.6. The Morgan fingerprint density at radius 2 is 1.72 bits per heavy atom. The van der Waals surface area contributed by atoms with E-state index in [0.717, 1.165) is 41.3 Å². The number of halogens is 1. The molecule has 154 valence electrons. The molecule has 0 fully saturated rings. The smallest absolute Gasteiger partial charge is 0.324 e. The fourth-order valence-corrected chi connectivity index (χ4v) is 3.25. The molecule has 0 aliphatic carbocycles. The molecule has 1 heterocycles. The van der Waals surface area contributed by atoms with E-state index in [2.05, 4.69) is 40.5 Å². The van der Waals surface area contributed by atoms with E-state index >= 15 is 0 Å². The number of hydrogen-bond donors (Lipinski definition) is 2. The maximum absolute atomic E-state index is 12.4. The molecule has 29 heavy (non-hydrogen) atoms. The van der Waals surface area contributed by atoms with E-state index in [1.807, 2.05) is 62.5 Å². The SMILES string of the molecule is CCN(CC)c1ccc(NC(=O)Nc2cc(-c3ccccc3)n(C)n2)c(C)c1.[Cl-]. The molecule has 3 rings (SSSR count). The largest absolute Gasteiger partial charge is 1.00 e. The second-order valence-electron chi connectivity index (χ2n) is 6.66. The molecule has 0 bridgehead atoms. The molecule has 2 amide bonds. The van der Waals surface area contributed by atoms with Crippen molar-refractivity contribution >= 4 is 23.2 Å². The first kappa shape index (κ1) is 22.3. The van der Waals surface area contributed by atoms with Crippen molar-refractivity contribution in [1.29, 1.82) is 0 Å². The summed E-state index contributed by atoms with van der Waals surface area (Å²) < 4.78 is 1.76. The zero-order chi connectivity index (χ0) is 20.1. The monoisotopic (exact) mass is 412 g/mol. The second kappa shape index (κ2) is 9.98. The Labute approximate surface area is 178 Å². The Morgan fingerprint density at radius 3 is 2.34 bits per heavy atom. The Kier molecular flexibility index (Phi) is 7.67. The van der Waals surface area contributed by atoms with E-state index in [-0.39, 0.29) is 18.4 Å². The molecule has 0 unspecified atom stereocenters. The molecule has 3 aromatic rings. The molecule has 0 aliphatic rings. The van der Waals surface area contributed by atoms with Gasteiger partial charge in [0.1, 0.15) is 0 Å². The predicted molar refractivity (Wildman–Crippen MR) is 116 cm³/mol. The van der Waals surface area contributed by atoms with E-state index in [1.54, 1.807) is 4.68 Å². The summed E-state index contributed by atoms with van der Waals surface area (Å²) in [5.41, 5.74) is 4.95. The van der Waals surface area contributed by atoms with Crippen LogP contribution in [-0.4, -0.2) is 28.9 Å². The summed E-state index contributed by atoms with van der Waals surface area (Å²) in [5, 5.41) is 10.1. The van der Waals surface area contributed by atoms with Crippen molar-refractivity contribution in [3.63, 3.8) is 0 Å². The Balaban J connectivity index is 0.00000300. The number of amides is 2. The summed E-state index contributed by atoms with van der Waals surface area (Å²) in [7, 11) is 1.86. The lowest BCUT2D eigenvalue weighted by Crippen LogP contribution is -3.00. The van der Waals surface area contributed by atoms with Gasteiger partial charge < -0.3 is 22.6 Å². The third kappa shape index (κ3) is 5.29. The Hall–Kier alpha value is -2.99. The molecular formula is C22H27ClN5O-. The maximum Gasteiger partial charge on any atom is 0.324 e. The van der Waals surface area contributed by atoms with Crippen LogP contribution in [-0.2, 0) is 7.05 Å². The number of anilines is 3. The molecule has 0 saturated carbocycles. The van der Waals surface area contributed by atoms with E-state index in [1.165, 1.54) is 0 Å². The van der Waals surface area contributed by atoms with Gasteiger partial charge in [-0.05, 0) is 50.1 Å². The van der Waals surface area contributed by atoms with Crippen LogP contribution in [0.15, 0.2) is 54.6 Å². The molecule has 1 aromatic heterocycles. The van der Waals surface area contributed by atoms with Crippen LogP contribution < -0.4 is 27.9 Å². The highest BCUT2D eigenvalue weighted by Gasteiger charge is 2.11. The minimum Gasteiger partial charge on any atom is -1.00 e. The van der Waals surface area contributed by atoms with Gasteiger partial charge in [0.2, 0.25) is 0 Å². The van der Waals surface area contributed by atoms with Gasteiger partial charge in [0.15, 0.2) is 5.82 Å². The molecule has 0 spiro atoms. The summed E-state index contributed by atoms with van der Waals surface area (Å²) >= 11 is 0. The fourth-order valence-electron chi connectivity index (χ4n) is 3.25. The number of nitrogens with zero attached hydrogens (tertiary/aromatic N) is 3. The summed E-state index contributed by atoms with van der Waals surface area (Å²) in [5.74, 6) is 0.510. The summed E-state index contributed by atoms with van der Waals surface area (Å²) in [6.07, 6.45) is 0. The van der Waals surface area contributed by atoms with Crippen molar-refractivity contribution in [2.45, 2.75) is 20.8 Å². The number of urea groups is 1. The van der Waals surface area contributed by atoms with Crippen LogP contribution in [0.4, 0.5) is 22.0 Å². The standard InChI is InChI=1S/C22H27N5O.ClH/c1-5-27(6-2)18-12-13-19(16(3)14-18)23-22(28)24-21-15-20(26(4)25-21)17-10-8-7-9-11-17;/h7-15H,5-6H2,1-4H3,(H2,23,24,25,28);1H/p-1. The summed E-state index contributed by atoms with van der Waals surface area (Å²) in [6.45, 7) is 8.17. The molecule has 0 radical (unpaired) electrons. The van der Waals surface area contributed by atoms with Gasteiger partial charge in [-0.1, -0.05) is 30.3 Å². The van der Waals surface area contributed by atoms with Crippen LogP contribution >= 0.6 is 0 Å². The number of aromatic nitrogens is 2. The van der Waals surface area contributed by atoms with Crippen molar-refractivity contribution in [3.05, 3.63) is 60.2 Å². The zero-order valence-electron chi connectivity index (χ0n) is 17.2. The lowest BCUT2D eigenvalue weighted by Gasteiger charge is -2.22. The van der Waals surface area contributed by atoms with Crippen LogP contribution in [0.3, 0.4) is 0 Å². The highest BCUT2D eigenvalue weighted by atomic mass is 35.5. The highest BCUT2D eigenvalue weighted by molar-refractivity contribution is 6.00. The van der Waals surface area contributed by atoms with Crippen molar-refractivity contribution in [1.82, 2.24) is 9.78 Å². The highest BCUT2D eigenvalue weighted by Crippen LogP contribution is 2.24. The van der Waals surface area contributed by atoms with Gasteiger partial charge in [0.05, 0.1) is 5.69 Å². The number of carbonyl (C=O) groups is 1. The molecule has 7 heteroatoms. The van der Waals surface area contributed by atoms with Crippen LogP contribution in [0.25, 0.3) is 11.3 Å². The third-order valence-corrected chi connectivity index (χ3v) is 4.78. The molecule has 0 aliphatic heterocycles. The second-order valence-corrected chi connectivity index (χ2v) is 6.66. The Morgan fingerprint density at radius 1 is 1.03 bits per heavy atom. The number of rotatable bonds is 6. The lowest BCUT2D eigenvalue weighted by molar-refractivity contribution is -0.00000885. The predicted octanol–water partition coefficient (Wildman–Crippen LogP) is 1.89. The minimum atomic E-state index is -0.309. The number of aryl methyl sites for hydroxylation is 2. The van der Waals surface area contributed by atoms with Gasteiger partial charge in [-0.15, -0.1) is 0 Å². The average Bonchev–Trinajstić information content (AvgIpc) is 3.05. The lowest BCUT2D eigenvalue weighted by atomic mass is 10.1. The molecular weight excluding hydrogens is 386 g/mol. The number of hydrogen-bond acceptors (Lipinski definition) is 3. The first-order valence-electron chi connectivity index (χ1n) is 9.54. The van der Waals surface area contributed by atoms with Crippen molar-refractivity contribution in [2.24, 2.45) is 7.05 Å². The number of benzene rings is 2. The number of carbonyl (C=O) groups excluding carboxylic acids is 1. The van der Waals surface area contributed by atoms with Crippen molar-refractivity contribution in [3.8, 4) is 11.3 Å². The minimum absolute atomic E-state index is 0. The maximum atomic E-state index is 12.4. The average molecular weight is 413 g/mol. The van der Waals surface area contributed by atoms with Crippen molar-refractivity contribution < 1.29 is 17.2 Å². The zero-order valence-corrected chi connectivity index (χ0v) is 18.0. The first-order chi connectivity index (χ1) is 13.5. The van der Waals surface area contributed by atoms with E-state index in [0.29, 0.717) is 5.82 Å². The van der Waals surface area contributed by atoms with Crippen LogP contribution in [0.1, 0.15) is 19.4 Å². The van der Waals surface area contributed by atoms with Gasteiger partial charge in [0, 0.05) is 37.6 Å². The third-order valence-electron chi connectivity index (χ3n) is 4.78. The molecule has 6 nitrogen and oxygen atoms in total. The van der Waals surface area contributed by atoms with Crippen molar-refractivity contribution in [2.75, 3.05) is 28.6 Å². The van der Waals surface area contributed by atoms with Gasteiger partial charge in [-0.3, -0.25) is 10.00 Å². The molecule has 0 saturated heterocycles. The van der Waals surface area contributed by atoms with Gasteiger partial charge in [-0.25, -0.2) is 4.79 Å². The normalized spacial score (nSPS) is 10.2. The van der Waals surface area contributed by atoms with Crippen LogP contribution in [0, 0.1) is 6.92 Å². The number of nitrogens with one attached hydrogen (secondary N) is 2. The fraction of sp³-hybridized carbons (Fsp3) is 0.273.